The zero-order valence-corrected chi connectivity index (χ0v) is 20.2. The number of nitrogens with one attached hydrogen (secondary N) is 3. The monoisotopic (exact) mass is 507 g/mol. The van der Waals surface area contributed by atoms with Crippen molar-refractivity contribution in [1.29, 1.82) is 0 Å². The van der Waals surface area contributed by atoms with Crippen molar-refractivity contribution in [1.82, 2.24) is 20.9 Å². The van der Waals surface area contributed by atoms with Crippen molar-refractivity contribution < 1.29 is 9.59 Å². The van der Waals surface area contributed by atoms with Crippen LogP contribution in [-0.4, -0.2) is 61.4 Å². The molecule has 162 valence electrons. The molecule has 7 nitrogen and oxygen atoms in total. The summed E-state index contributed by atoms with van der Waals surface area (Å²) < 4.78 is 0. The molecular weight excluding hydrogens is 469 g/mol. The first-order chi connectivity index (χ1) is 12.8. The van der Waals surface area contributed by atoms with E-state index in [4.69, 9.17) is 0 Å². The van der Waals surface area contributed by atoms with Gasteiger partial charge in [0, 0.05) is 43.6 Å². The van der Waals surface area contributed by atoms with Gasteiger partial charge >= 0.3 is 0 Å². The van der Waals surface area contributed by atoms with Gasteiger partial charge in [0.05, 0.1) is 6.54 Å². The summed E-state index contributed by atoms with van der Waals surface area (Å²) in [6.07, 6.45) is 5.43. The van der Waals surface area contributed by atoms with Crippen molar-refractivity contribution in [2.24, 2.45) is 16.3 Å². The van der Waals surface area contributed by atoms with E-state index in [1.165, 1.54) is 12.8 Å². The summed E-state index contributed by atoms with van der Waals surface area (Å²) in [4.78, 5) is 31.0. The molecular formula is C20H38IN5O2. The Labute approximate surface area is 186 Å². The van der Waals surface area contributed by atoms with Crippen LogP contribution in [0.2, 0.25) is 0 Å². The quantitative estimate of drug-likeness (QED) is 0.223. The van der Waals surface area contributed by atoms with E-state index < -0.39 is 0 Å². The molecule has 2 amide bonds. The second kappa shape index (κ2) is 11.8. The van der Waals surface area contributed by atoms with Crippen LogP contribution in [0.5, 0.6) is 0 Å². The number of hydrogen-bond donors (Lipinski definition) is 3. The first kappa shape index (κ1) is 25.0. The molecule has 2 fully saturated rings. The third-order valence-corrected chi connectivity index (χ3v) is 5.24. The average molecular weight is 507 g/mol. The molecule has 1 saturated carbocycles. The molecule has 2 rings (SSSR count). The first-order valence-electron chi connectivity index (χ1n) is 10.4. The van der Waals surface area contributed by atoms with Crippen LogP contribution in [0, 0.1) is 11.3 Å². The number of nitrogens with zero attached hydrogens (tertiary/aromatic N) is 2. The highest BCUT2D eigenvalue weighted by Gasteiger charge is 2.32. The van der Waals surface area contributed by atoms with E-state index in [1.54, 1.807) is 0 Å². The number of aliphatic imine (C=N–C) groups is 1. The van der Waals surface area contributed by atoms with E-state index >= 15 is 0 Å². The van der Waals surface area contributed by atoms with Crippen LogP contribution in [0.25, 0.3) is 0 Å². The molecule has 1 aliphatic carbocycles. The standard InChI is InChI=1S/C20H37N5O2.HI/c1-5-21-19(23-12-11-22-18(27)20(2,3)4)24-16-10-13-25(14-16)17(26)15-8-6-7-9-15;/h15-16H,5-14H2,1-4H3,(H,22,27)(H2,21,23,24);1H. The number of halogens is 1. The minimum Gasteiger partial charge on any atom is -0.357 e. The number of hydrogen-bond acceptors (Lipinski definition) is 3. The van der Waals surface area contributed by atoms with Crippen LogP contribution in [0.4, 0.5) is 0 Å². The van der Waals surface area contributed by atoms with Crippen LogP contribution < -0.4 is 16.0 Å². The number of carbonyl (C=O) groups excluding carboxylic acids is 2. The zero-order chi connectivity index (χ0) is 19.9. The lowest BCUT2D eigenvalue weighted by molar-refractivity contribution is -0.134. The van der Waals surface area contributed by atoms with Gasteiger partial charge in [-0.1, -0.05) is 33.6 Å². The summed E-state index contributed by atoms with van der Waals surface area (Å²) in [5.74, 6) is 1.37. The largest absolute Gasteiger partial charge is 0.357 e. The fourth-order valence-corrected chi connectivity index (χ4v) is 3.62. The van der Waals surface area contributed by atoms with Gasteiger partial charge in [-0.3, -0.25) is 14.6 Å². The predicted octanol–water partition coefficient (Wildman–Crippen LogP) is 2.11. The molecule has 0 bridgehead atoms. The molecule has 0 aromatic carbocycles. The van der Waals surface area contributed by atoms with Crippen LogP contribution in [0.3, 0.4) is 0 Å². The first-order valence-corrected chi connectivity index (χ1v) is 10.4. The second-order valence-electron chi connectivity index (χ2n) is 8.66. The highest BCUT2D eigenvalue weighted by Crippen LogP contribution is 2.27. The van der Waals surface area contributed by atoms with E-state index in [0.717, 1.165) is 44.9 Å². The number of guanidine groups is 1. The lowest BCUT2D eigenvalue weighted by Crippen LogP contribution is -2.45. The van der Waals surface area contributed by atoms with Crippen LogP contribution in [0.1, 0.15) is 59.8 Å². The molecule has 0 spiro atoms. The van der Waals surface area contributed by atoms with Gasteiger partial charge in [-0.25, -0.2) is 0 Å². The van der Waals surface area contributed by atoms with Crippen molar-refractivity contribution in [2.75, 3.05) is 32.7 Å². The van der Waals surface area contributed by atoms with Gasteiger partial charge in [0.15, 0.2) is 5.96 Å². The molecule has 1 heterocycles. The normalized spacial score (nSPS) is 20.6. The number of carbonyl (C=O) groups is 2. The maximum Gasteiger partial charge on any atom is 0.225 e. The Hall–Kier alpha value is -1.06. The van der Waals surface area contributed by atoms with Gasteiger partial charge in [-0.2, -0.15) is 0 Å². The summed E-state index contributed by atoms with van der Waals surface area (Å²) in [7, 11) is 0. The summed E-state index contributed by atoms with van der Waals surface area (Å²) >= 11 is 0. The summed E-state index contributed by atoms with van der Waals surface area (Å²) in [6.45, 7) is 11.1. The Morgan fingerprint density at radius 2 is 1.79 bits per heavy atom. The smallest absolute Gasteiger partial charge is 0.225 e. The number of amides is 2. The zero-order valence-electron chi connectivity index (χ0n) is 17.8. The second-order valence-corrected chi connectivity index (χ2v) is 8.66. The SMILES string of the molecule is CCNC(=NCCNC(=O)C(C)(C)C)NC1CCN(C(=O)C2CCCC2)C1.I. The van der Waals surface area contributed by atoms with Gasteiger partial charge in [-0.15, -0.1) is 24.0 Å². The average Bonchev–Trinajstić information content (AvgIpc) is 3.29. The van der Waals surface area contributed by atoms with Crippen molar-refractivity contribution in [3.8, 4) is 0 Å². The Morgan fingerprint density at radius 3 is 2.39 bits per heavy atom. The van der Waals surface area contributed by atoms with Gasteiger partial charge in [0.2, 0.25) is 11.8 Å². The minimum absolute atomic E-state index is 0. The van der Waals surface area contributed by atoms with E-state index in [-0.39, 0.29) is 47.3 Å². The molecule has 28 heavy (non-hydrogen) atoms. The van der Waals surface area contributed by atoms with Crippen molar-refractivity contribution in [2.45, 2.75) is 65.8 Å². The third-order valence-electron chi connectivity index (χ3n) is 5.24. The highest BCUT2D eigenvalue weighted by molar-refractivity contribution is 14.0. The fourth-order valence-electron chi connectivity index (χ4n) is 3.62. The molecule has 0 radical (unpaired) electrons. The van der Waals surface area contributed by atoms with Crippen LogP contribution >= 0.6 is 24.0 Å². The molecule has 3 N–H and O–H groups in total. The summed E-state index contributed by atoms with van der Waals surface area (Å²) in [5.41, 5.74) is -0.383. The number of likely N-dealkylation sites (tertiary alicyclic amines) is 1. The molecule has 2 aliphatic rings. The Morgan fingerprint density at radius 1 is 1.11 bits per heavy atom. The van der Waals surface area contributed by atoms with Crippen molar-refractivity contribution in [3.63, 3.8) is 0 Å². The van der Waals surface area contributed by atoms with E-state index in [0.29, 0.717) is 19.0 Å². The number of rotatable bonds is 6. The van der Waals surface area contributed by atoms with Gasteiger partial charge in [0.1, 0.15) is 0 Å². The van der Waals surface area contributed by atoms with Crippen molar-refractivity contribution >= 4 is 41.8 Å². The Kier molecular flexibility index (Phi) is 10.5. The van der Waals surface area contributed by atoms with Crippen LogP contribution in [-0.2, 0) is 9.59 Å². The fraction of sp³-hybridized carbons (Fsp3) is 0.850. The highest BCUT2D eigenvalue weighted by atomic mass is 127. The topological polar surface area (TPSA) is 85.8 Å². The maximum atomic E-state index is 12.6. The van der Waals surface area contributed by atoms with E-state index in [2.05, 4.69) is 20.9 Å². The molecule has 8 heteroatoms. The van der Waals surface area contributed by atoms with Crippen molar-refractivity contribution in [3.05, 3.63) is 0 Å². The molecule has 1 atom stereocenters. The lowest BCUT2D eigenvalue weighted by Gasteiger charge is -2.21. The molecule has 1 unspecified atom stereocenters. The molecule has 0 aromatic heterocycles. The maximum absolute atomic E-state index is 12.6. The van der Waals surface area contributed by atoms with Gasteiger partial charge in [0.25, 0.3) is 0 Å². The molecule has 1 saturated heterocycles. The van der Waals surface area contributed by atoms with E-state index in [9.17, 15) is 9.59 Å². The van der Waals surface area contributed by atoms with Gasteiger partial charge < -0.3 is 20.9 Å². The van der Waals surface area contributed by atoms with Gasteiger partial charge in [-0.05, 0) is 26.2 Å². The predicted molar refractivity (Wildman–Crippen MR) is 124 cm³/mol. The lowest BCUT2D eigenvalue weighted by atomic mass is 9.96. The van der Waals surface area contributed by atoms with E-state index in [1.807, 2.05) is 32.6 Å². The van der Waals surface area contributed by atoms with Crippen LogP contribution in [0.15, 0.2) is 4.99 Å². The minimum atomic E-state index is -0.383. The summed E-state index contributed by atoms with van der Waals surface area (Å²) in [5, 5.41) is 9.61. The Balaban J connectivity index is 0.00000392. The third kappa shape index (κ3) is 7.75. The summed E-state index contributed by atoms with van der Waals surface area (Å²) in [6, 6.07) is 0.234. The molecule has 1 aliphatic heterocycles. The Bertz CT molecular complexity index is 541. The molecule has 0 aromatic rings.